The van der Waals surface area contributed by atoms with Crippen LogP contribution in [0.1, 0.15) is 58.3 Å². The molecule has 6 heteroatoms. The lowest BCUT2D eigenvalue weighted by Crippen LogP contribution is -2.50. The van der Waals surface area contributed by atoms with Crippen molar-refractivity contribution in [3.8, 4) is 5.75 Å². The summed E-state index contributed by atoms with van der Waals surface area (Å²) >= 11 is 0. The van der Waals surface area contributed by atoms with E-state index in [9.17, 15) is 9.59 Å². The van der Waals surface area contributed by atoms with E-state index < -0.39 is 0 Å². The molecule has 0 fully saturated rings. The predicted molar refractivity (Wildman–Crippen MR) is 122 cm³/mol. The average molecular weight is 426 g/mol. The van der Waals surface area contributed by atoms with Gasteiger partial charge in [-0.3, -0.25) is 9.59 Å². The van der Waals surface area contributed by atoms with Crippen molar-refractivity contribution < 1.29 is 14.3 Å². The highest BCUT2D eigenvalue weighted by atomic mass is 16.5. The van der Waals surface area contributed by atoms with Gasteiger partial charge in [0, 0.05) is 37.4 Å². The van der Waals surface area contributed by atoms with Crippen molar-refractivity contribution in [3.63, 3.8) is 0 Å². The summed E-state index contributed by atoms with van der Waals surface area (Å²) in [6.45, 7) is 11.5. The number of aromatic nitrogens is 1. The topological polar surface area (TPSA) is 54.8 Å². The fourth-order valence-electron chi connectivity index (χ4n) is 4.16. The summed E-state index contributed by atoms with van der Waals surface area (Å²) < 4.78 is 7.61. The van der Waals surface area contributed by atoms with Crippen LogP contribution in [0.4, 0.5) is 0 Å². The van der Waals surface area contributed by atoms with Crippen molar-refractivity contribution in [2.24, 2.45) is 5.41 Å². The van der Waals surface area contributed by atoms with Gasteiger partial charge in [-0.15, -0.1) is 0 Å². The number of carbonyl (C=O) groups is 2. The summed E-state index contributed by atoms with van der Waals surface area (Å²) in [4.78, 5) is 30.1. The minimum absolute atomic E-state index is 0.0224. The lowest BCUT2D eigenvalue weighted by atomic mass is 9.91. The Morgan fingerprint density at radius 2 is 1.90 bits per heavy atom. The van der Waals surface area contributed by atoms with Crippen LogP contribution in [0.3, 0.4) is 0 Å². The first kappa shape index (κ1) is 22.9. The van der Waals surface area contributed by atoms with E-state index in [2.05, 4.69) is 16.8 Å². The number of ether oxygens (including phenoxy) is 1. The molecular weight excluding hydrogens is 390 g/mol. The van der Waals surface area contributed by atoms with Gasteiger partial charge in [0.05, 0.1) is 13.2 Å². The molecule has 2 amide bonds. The standard InChI is InChI=1S/C25H35N3O3/c1-18(2)28(22(29)16-25(3,4)5)17-23(30)27-14-13-26-12-8-11-21(26)24(27)19-9-7-10-20(15-19)31-6/h7-12,15,18,24H,13-14,16-17H2,1-6H3. The number of rotatable bonds is 6. The zero-order chi connectivity index (χ0) is 22.8. The number of hydrogen-bond donors (Lipinski definition) is 0. The Balaban J connectivity index is 1.90. The van der Waals surface area contributed by atoms with Gasteiger partial charge < -0.3 is 19.1 Å². The number of methoxy groups -OCH3 is 1. The summed E-state index contributed by atoms with van der Waals surface area (Å²) in [6, 6.07) is 11.7. The molecule has 31 heavy (non-hydrogen) atoms. The zero-order valence-electron chi connectivity index (χ0n) is 19.6. The maximum absolute atomic E-state index is 13.5. The molecule has 0 saturated carbocycles. The maximum atomic E-state index is 13.5. The number of benzene rings is 1. The number of carbonyl (C=O) groups excluding carboxylic acids is 2. The first-order chi connectivity index (χ1) is 14.6. The van der Waals surface area contributed by atoms with Gasteiger partial charge in [-0.1, -0.05) is 32.9 Å². The number of fused-ring (bicyclic) bond motifs is 1. The van der Waals surface area contributed by atoms with Gasteiger partial charge in [-0.05, 0) is 49.1 Å². The van der Waals surface area contributed by atoms with E-state index in [0.29, 0.717) is 13.0 Å². The third kappa shape index (κ3) is 5.30. The van der Waals surface area contributed by atoms with Crippen LogP contribution in [-0.4, -0.2) is 52.4 Å². The molecule has 1 aromatic heterocycles. The number of nitrogens with zero attached hydrogens (tertiary/aromatic N) is 3. The van der Waals surface area contributed by atoms with Gasteiger partial charge in [-0.2, -0.15) is 0 Å². The van der Waals surface area contributed by atoms with Gasteiger partial charge in [0.25, 0.3) is 0 Å². The van der Waals surface area contributed by atoms with Crippen LogP contribution >= 0.6 is 0 Å². The third-order valence-corrected chi connectivity index (χ3v) is 5.70. The van der Waals surface area contributed by atoms with E-state index in [4.69, 9.17) is 4.74 Å². The second-order valence-electron chi connectivity index (χ2n) is 9.75. The maximum Gasteiger partial charge on any atom is 0.243 e. The molecule has 1 unspecified atom stereocenters. The van der Waals surface area contributed by atoms with Crippen LogP contribution in [0.2, 0.25) is 0 Å². The SMILES string of the molecule is COc1cccc(C2c3cccn3CCN2C(=O)CN(C(=O)CC(C)(C)C)C(C)C)c1. The smallest absolute Gasteiger partial charge is 0.243 e. The Bertz CT molecular complexity index is 926. The highest BCUT2D eigenvalue weighted by molar-refractivity contribution is 5.86. The monoisotopic (exact) mass is 425 g/mol. The summed E-state index contributed by atoms with van der Waals surface area (Å²) in [5, 5.41) is 0. The van der Waals surface area contributed by atoms with E-state index in [1.165, 1.54) is 0 Å². The summed E-state index contributed by atoms with van der Waals surface area (Å²) in [6.07, 6.45) is 2.47. The Kier molecular flexibility index (Phi) is 6.77. The Labute approximate surface area is 185 Å². The van der Waals surface area contributed by atoms with Crippen molar-refractivity contribution in [2.45, 2.75) is 59.7 Å². The van der Waals surface area contributed by atoms with Crippen molar-refractivity contribution in [3.05, 3.63) is 53.9 Å². The molecule has 168 valence electrons. The van der Waals surface area contributed by atoms with E-state index in [0.717, 1.165) is 23.6 Å². The molecule has 2 aromatic rings. The molecule has 1 aliphatic heterocycles. The van der Waals surface area contributed by atoms with E-state index >= 15 is 0 Å². The Morgan fingerprint density at radius 1 is 1.16 bits per heavy atom. The highest BCUT2D eigenvalue weighted by Crippen LogP contribution is 2.34. The van der Waals surface area contributed by atoms with Gasteiger partial charge >= 0.3 is 0 Å². The molecule has 0 bridgehead atoms. The minimum Gasteiger partial charge on any atom is -0.497 e. The quantitative estimate of drug-likeness (QED) is 0.700. The molecule has 2 heterocycles. The van der Waals surface area contributed by atoms with Crippen molar-refractivity contribution in [1.29, 1.82) is 0 Å². The summed E-state index contributed by atoms with van der Waals surface area (Å²) in [7, 11) is 1.65. The molecule has 0 spiro atoms. The first-order valence-corrected chi connectivity index (χ1v) is 11.0. The third-order valence-electron chi connectivity index (χ3n) is 5.70. The van der Waals surface area contributed by atoms with Crippen molar-refractivity contribution >= 4 is 11.8 Å². The van der Waals surface area contributed by atoms with E-state index in [1.54, 1.807) is 12.0 Å². The van der Waals surface area contributed by atoms with Crippen LogP contribution in [0.15, 0.2) is 42.6 Å². The lowest BCUT2D eigenvalue weighted by molar-refractivity contribution is -0.144. The van der Waals surface area contributed by atoms with Crippen LogP contribution in [0.25, 0.3) is 0 Å². The second-order valence-corrected chi connectivity index (χ2v) is 9.75. The molecule has 0 radical (unpaired) electrons. The van der Waals surface area contributed by atoms with Gasteiger partial charge in [0.2, 0.25) is 11.8 Å². The lowest BCUT2D eigenvalue weighted by Gasteiger charge is -2.39. The Hall–Kier alpha value is -2.76. The van der Waals surface area contributed by atoms with Gasteiger partial charge in [0.1, 0.15) is 12.3 Å². The molecule has 1 atom stereocenters. The summed E-state index contributed by atoms with van der Waals surface area (Å²) in [5.41, 5.74) is 1.96. The number of amides is 2. The average Bonchev–Trinajstić information content (AvgIpc) is 3.18. The fourth-order valence-corrected chi connectivity index (χ4v) is 4.16. The molecule has 3 rings (SSSR count). The van der Waals surface area contributed by atoms with Crippen LogP contribution in [0, 0.1) is 5.41 Å². The zero-order valence-corrected chi connectivity index (χ0v) is 19.6. The first-order valence-electron chi connectivity index (χ1n) is 11.0. The fraction of sp³-hybridized carbons (Fsp3) is 0.520. The van der Waals surface area contributed by atoms with Crippen molar-refractivity contribution in [1.82, 2.24) is 14.4 Å². The predicted octanol–water partition coefficient (Wildman–Crippen LogP) is 4.10. The molecule has 0 N–H and O–H groups in total. The molecule has 1 aliphatic rings. The normalized spacial score (nSPS) is 16.2. The summed E-state index contributed by atoms with van der Waals surface area (Å²) in [5.74, 6) is 0.753. The van der Waals surface area contributed by atoms with Gasteiger partial charge in [0.15, 0.2) is 0 Å². The van der Waals surface area contributed by atoms with Crippen LogP contribution in [-0.2, 0) is 16.1 Å². The van der Waals surface area contributed by atoms with E-state index in [-0.39, 0.29) is 35.9 Å². The number of hydrogen-bond acceptors (Lipinski definition) is 3. The van der Waals surface area contributed by atoms with Gasteiger partial charge in [-0.25, -0.2) is 0 Å². The molecule has 0 saturated heterocycles. The molecule has 6 nitrogen and oxygen atoms in total. The second kappa shape index (κ2) is 9.16. The highest BCUT2D eigenvalue weighted by Gasteiger charge is 2.34. The molecule has 0 aliphatic carbocycles. The van der Waals surface area contributed by atoms with Crippen LogP contribution < -0.4 is 4.74 Å². The molecular formula is C25H35N3O3. The largest absolute Gasteiger partial charge is 0.497 e. The Morgan fingerprint density at radius 3 is 2.55 bits per heavy atom. The van der Waals surface area contributed by atoms with Crippen molar-refractivity contribution in [2.75, 3.05) is 20.2 Å². The van der Waals surface area contributed by atoms with E-state index in [1.807, 2.05) is 69.9 Å². The van der Waals surface area contributed by atoms with Crippen LogP contribution in [0.5, 0.6) is 5.75 Å². The molecule has 1 aromatic carbocycles. The minimum atomic E-state index is -0.210.